The number of amides is 2. The van der Waals surface area contributed by atoms with Crippen molar-refractivity contribution in [1.82, 2.24) is 5.32 Å². The van der Waals surface area contributed by atoms with Crippen LogP contribution in [-0.2, 0) is 14.9 Å². The SMILES string of the molecule is CC(C)(C)c1ccc(C(=O)NC(=S)Nc2ccc(NC(=O)CCCCC3CCOCC3)cc2)cc1. The molecular weight excluding hydrogens is 458 g/mol. The van der Waals surface area contributed by atoms with Gasteiger partial charge in [0.05, 0.1) is 0 Å². The molecule has 1 aliphatic rings. The number of ether oxygens (including phenoxy) is 1. The molecule has 1 aliphatic heterocycles. The topological polar surface area (TPSA) is 79.5 Å². The van der Waals surface area contributed by atoms with Gasteiger partial charge < -0.3 is 15.4 Å². The van der Waals surface area contributed by atoms with Crippen molar-refractivity contribution in [1.29, 1.82) is 0 Å². The van der Waals surface area contributed by atoms with E-state index in [1.807, 2.05) is 36.4 Å². The van der Waals surface area contributed by atoms with E-state index in [0.29, 0.717) is 12.0 Å². The van der Waals surface area contributed by atoms with Crippen LogP contribution in [0.25, 0.3) is 0 Å². The van der Waals surface area contributed by atoms with Gasteiger partial charge in [0.25, 0.3) is 5.91 Å². The second-order valence-electron chi connectivity index (χ2n) is 10.2. The van der Waals surface area contributed by atoms with Crippen molar-refractivity contribution in [3.8, 4) is 0 Å². The summed E-state index contributed by atoms with van der Waals surface area (Å²) >= 11 is 5.29. The van der Waals surface area contributed by atoms with Crippen LogP contribution in [0.15, 0.2) is 48.5 Å². The van der Waals surface area contributed by atoms with E-state index in [1.54, 1.807) is 12.1 Å². The molecule has 0 aromatic heterocycles. The number of nitrogens with one attached hydrogen (secondary N) is 3. The molecule has 0 spiro atoms. The molecule has 0 unspecified atom stereocenters. The van der Waals surface area contributed by atoms with Crippen LogP contribution in [0.1, 0.15) is 75.2 Å². The van der Waals surface area contributed by atoms with Gasteiger partial charge >= 0.3 is 0 Å². The van der Waals surface area contributed by atoms with Crippen LogP contribution in [0, 0.1) is 5.92 Å². The molecule has 3 N–H and O–H groups in total. The minimum Gasteiger partial charge on any atom is -0.381 e. The number of rotatable bonds is 8. The van der Waals surface area contributed by atoms with Gasteiger partial charge in [-0.1, -0.05) is 45.7 Å². The van der Waals surface area contributed by atoms with Gasteiger partial charge in [0.2, 0.25) is 5.91 Å². The summed E-state index contributed by atoms with van der Waals surface area (Å²) in [4.78, 5) is 24.7. The lowest BCUT2D eigenvalue weighted by Crippen LogP contribution is -2.34. The van der Waals surface area contributed by atoms with Crippen molar-refractivity contribution in [2.24, 2.45) is 5.92 Å². The fraction of sp³-hybridized carbons (Fsp3) is 0.464. The van der Waals surface area contributed by atoms with Gasteiger partial charge in [0, 0.05) is 36.6 Å². The molecule has 0 bridgehead atoms. The van der Waals surface area contributed by atoms with E-state index in [1.165, 1.54) is 6.42 Å². The molecule has 1 saturated heterocycles. The molecule has 3 rings (SSSR count). The zero-order valence-electron chi connectivity index (χ0n) is 21.0. The smallest absolute Gasteiger partial charge is 0.257 e. The summed E-state index contributed by atoms with van der Waals surface area (Å²) in [6, 6.07) is 14.8. The molecule has 0 atom stereocenters. The largest absolute Gasteiger partial charge is 0.381 e. The average molecular weight is 496 g/mol. The second kappa shape index (κ2) is 12.8. The third kappa shape index (κ3) is 9.07. The van der Waals surface area contributed by atoms with Crippen LogP contribution < -0.4 is 16.0 Å². The van der Waals surface area contributed by atoms with E-state index in [4.69, 9.17) is 17.0 Å². The van der Waals surface area contributed by atoms with E-state index in [2.05, 4.69) is 36.7 Å². The van der Waals surface area contributed by atoms with Gasteiger partial charge in [-0.3, -0.25) is 14.9 Å². The first-order valence-corrected chi connectivity index (χ1v) is 12.8. The van der Waals surface area contributed by atoms with Crippen LogP contribution >= 0.6 is 12.2 Å². The van der Waals surface area contributed by atoms with Gasteiger partial charge in [-0.25, -0.2) is 0 Å². The number of thiocarbonyl (C=S) groups is 1. The Kier molecular flexibility index (Phi) is 9.81. The maximum Gasteiger partial charge on any atom is 0.257 e. The predicted octanol–water partition coefficient (Wildman–Crippen LogP) is 6.04. The average Bonchev–Trinajstić information content (AvgIpc) is 2.83. The van der Waals surface area contributed by atoms with Crippen LogP contribution in [0.4, 0.5) is 11.4 Å². The van der Waals surface area contributed by atoms with Gasteiger partial charge in [-0.15, -0.1) is 0 Å². The highest BCUT2D eigenvalue weighted by atomic mass is 32.1. The highest BCUT2D eigenvalue weighted by Gasteiger charge is 2.15. The van der Waals surface area contributed by atoms with Gasteiger partial charge in [-0.2, -0.15) is 0 Å². The fourth-order valence-electron chi connectivity index (χ4n) is 4.07. The minimum absolute atomic E-state index is 0.0259. The third-order valence-corrected chi connectivity index (χ3v) is 6.48. The minimum atomic E-state index is -0.260. The number of carbonyl (C=O) groups excluding carboxylic acids is 2. The zero-order chi connectivity index (χ0) is 25.3. The molecule has 6 nitrogen and oxygen atoms in total. The molecule has 1 heterocycles. The summed E-state index contributed by atoms with van der Waals surface area (Å²) in [5, 5.41) is 8.88. The maximum absolute atomic E-state index is 12.5. The first-order chi connectivity index (χ1) is 16.7. The molecule has 2 aromatic carbocycles. The Morgan fingerprint density at radius 3 is 2.11 bits per heavy atom. The summed E-state index contributed by atoms with van der Waals surface area (Å²) in [6.07, 6.45) is 5.96. The number of benzene rings is 2. The van der Waals surface area contributed by atoms with Crippen molar-refractivity contribution in [3.63, 3.8) is 0 Å². The van der Waals surface area contributed by atoms with E-state index in [9.17, 15) is 9.59 Å². The Labute approximate surface area is 214 Å². The Hall–Kier alpha value is -2.77. The van der Waals surface area contributed by atoms with Crippen LogP contribution in [0.2, 0.25) is 0 Å². The standard InChI is InChI=1S/C28H37N3O3S/c1-28(2,3)22-10-8-21(9-11-22)26(33)31-27(35)30-24-14-12-23(13-15-24)29-25(32)7-5-4-6-20-16-18-34-19-17-20/h8-15,20H,4-7,16-19H2,1-3H3,(H,29,32)(H2,30,31,33,35). The maximum atomic E-state index is 12.5. The summed E-state index contributed by atoms with van der Waals surface area (Å²) in [7, 11) is 0. The molecule has 7 heteroatoms. The molecule has 2 aromatic rings. The third-order valence-electron chi connectivity index (χ3n) is 6.27. The highest BCUT2D eigenvalue weighted by Crippen LogP contribution is 2.23. The van der Waals surface area contributed by atoms with E-state index in [0.717, 1.165) is 61.8 Å². The molecule has 0 radical (unpaired) electrons. The first kappa shape index (κ1) is 26.8. The Bertz CT molecular complexity index is 992. The molecule has 0 saturated carbocycles. The monoisotopic (exact) mass is 495 g/mol. The van der Waals surface area contributed by atoms with Crippen molar-refractivity contribution in [2.45, 2.75) is 64.7 Å². The first-order valence-electron chi connectivity index (χ1n) is 12.4. The van der Waals surface area contributed by atoms with Gasteiger partial charge in [0.15, 0.2) is 5.11 Å². The van der Waals surface area contributed by atoms with Crippen molar-refractivity contribution >= 4 is 40.5 Å². The van der Waals surface area contributed by atoms with Crippen LogP contribution in [0.3, 0.4) is 0 Å². The summed E-state index contributed by atoms with van der Waals surface area (Å²) in [5.74, 6) is 0.512. The lowest BCUT2D eigenvalue weighted by atomic mass is 9.87. The Morgan fingerprint density at radius 1 is 0.914 bits per heavy atom. The number of anilines is 2. The van der Waals surface area contributed by atoms with Crippen molar-refractivity contribution < 1.29 is 14.3 Å². The van der Waals surface area contributed by atoms with Gasteiger partial charge in [0.1, 0.15) is 0 Å². The molecule has 188 valence electrons. The Balaban J connectivity index is 1.38. The van der Waals surface area contributed by atoms with Gasteiger partial charge in [-0.05, 0) is 84.8 Å². The number of hydrogen-bond donors (Lipinski definition) is 3. The molecule has 0 aliphatic carbocycles. The molecule has 35 heavy (non-hydrogen) atoms. The summed E-state index contributed by atoms with van der Waals surface area (Å²) in [5.41, 5.74) is 3.21. The van der Waals surface area contributed by atoms with E-state index < -0.39 is 0 Å². The Morgan fingerprint density at radius 2 is 1.51 bits per heavy atom. The number of hydrogen-bond acceptors (Lipinski definition) is 4. The summed E-state index contributed by atoms with van der Waals surface area (Å²) < 4.78 is 5.39. The van der Waals surface area contributed by atoms with E-state index in [-0.39, 0.29) is 22.3 Å². The van der Waals surface area contributed by atoms with Crippen molar-refractivity contribution in [3.05, 3.63) is 59.7 Å². The lowest BCUT2D eigenvalue weighted by Gasteiger charge is -2.21. The molecule has 1 fully saturated rings. The normalized spacial score (nSPS) is 14.3. The van der Waals surface area contributed by atoms with E-state index >= 15 is 0 Å². The fourth-order valence-corrected chi connectivity index (χ4v) is 4.28. The van der Waals surface area contributed by atoms with Crippen molar-refractivity contribution in [2.75, 3.05) is 23.8 Å². The molecular formula is C28H37N3O3S. The summed E-state index contributed by atoms with van der Waals surface area (Å²) in [6.45, 7) is 8.14. The highest BCUT2D eigenvalue weighted by molar-refractivity contribution is 7.80. The number of unbranched alkanes of at least 4 members (excludes halogenated alkanes) is 1. The van der Waals surface area contributed by atoms with Crippen LogP contribution in [0.5, 0.6) is 0 Å². The zero-order valence-corrected chi connectivity index (χ0v) is 21.8. The number of carbonyl (C=O) groups is 2. The molecule has 2 amide bonds. The second-order valence-corrected chi connectivity index (χ2v) is 10.6. The lowest BCUT2D eigenvalue weighted by molar-refractivity contribution is -0.116. The van der Waals surface area contributed by atoms with Crippen LogP contribution in [-0.4, -0.2) is 30.1 Å². The predicted molar refractivity (Wildman–Crippen MR) is 146 cm³/mol. The quantitative estimate of drug-likeness (QED) is 0.307.